The molecule has 0 aliphatic heterocycles. The number of anilines is 1. The van der Waals surface area contributed by atoms with E-state index in [0.717, 1.165) is 31.2 Å². The molecule has 0 heterocycles. The van der Waals surface area contributed by atoms with Gasteiger partial charge in [0.25, 0.3) is 0 Å². The molecule has 4 nitrogen and oxygen atoms in total. The Hall–Kier alpha value is -1.51. The van der Waals surface area contributed by atoms with E-state index in [2.05, 4.69) is 16.6 Å². The van der Waals surface area contributed by atoms with E-state index in [1.165, 1.54) is 0 Å². The monoisotopic (exact) mass is 293 g/mol. The number of hydrogen-bond acceptors (Lipinski definition) is 3. The van der Waals surface area contributed by atoms with Gasteiger partial charge in [0.15, 0.2) is 0 Å². The molecule has 20 heavy (non-hydrogen) atoms. The third-order valence-electron chi connectivity index (χ3n) is 3.54. The number of nitrogens with one attached hydrogen (secondary N) is 1. The fourth-order valence-corrected chi connectivity index (χ4v) is 4.03. The SMILES string of the molecule is Cc1ccc(C#CCO)cc1NS(=O)(=O)C1CCCC1. The second-order valence-electron chi connectivity index (χ2n) is 5.04. The van der Waals surface area contributed by atoms with Crippen molar-refractivity contribution in [3.05, 3.63) is 29.3 Å². The van der Waals surface area contributed by atoms with E-state index in [1.807, 2.05) is 19.1 Å². The van der Waals surface area contributed by atoms with E-state index in [9.17, 15) is 8.42 Å². The molecule has 0 saturated heterocycles. The zero-order valence-electron chi connectivity index (χ0n) is 11.5. The maximum atomic E-state index is 12.3. The molecule has 108 valence electrons. The lowest BCUT2D eigenvalue weighted by Crippen LogP contribution is -2.25. The summed E-state index contributed by atoms with van der Waals surface area (Å²) in [7, 11) is -3.32. The maximum absolute atomic E-state index is 12.3. The van der Waals surface area contributed by atoms with Gasteiger partial charge in [-0.2, -0.15) is 0 Å². The summed E-state index contributed by atoms with van der Waals surface area (Å²) in [6, 6.07) is 5.35. The van der Waals surface area contributed by atoms with Crippen LogP contribution in [0.3, 0.4) is 0 Å². The van der Waals surface area contributed by atoms with Crippen LogP contribution in [0.25, 0.3) is 0 Å². The minimum atomic E-state index is -3.32. The fourth-order valence-electron chi connectivity index (χ4n) is 2.39. The molecule has 1 aromatic carbocycles. The van der Waals surface area contributed by atoms with Gasteiger partial charge in [-0.3, -0.25) is 4.72 Å². The van der Waals surface area contributed by atoms with Crippen LogP contribution >= 0.6 is 0 Å². The van der Waals surface area contributed by atoms with E-state index in [4.69, 9.17) is 5.11 Å². The normalized spacial score (nSPS) is 15.7. The first-order valence-corrected chi connectivity index (χ1v) is 8.29. The highest BCUT2D eigenvalue weighted by Gasteiger charge is 2.28. The molecule has 0 unspecified atom stereocenters. The van der Waals surface area contributed by atoms with Crippen molar-refractivity contribution in [1.82, 2.24) is 0 Å². The Morgan fingerprint density at radius 2 is 2.05 bits per heavy atom. The van der Waals surface area contributed by atoms with E-state index >= 15 is 0 Å². The lowest BCUT2D eigenvalue weighted by Gasteiger charge is -2.15. The van der Waals surface area contributed by atoms with Crippen LogP contribution in [0.1, 0.15) is 36.8 Å². The smallest absolute Gasteiger partial charge is 0.235 e. The van der Waals surface area contributed by atoms with Gasteiger partial charge in [0.05, 0.1) is 10.9 Å². The lowest BCUT2D eigenvalue weighted by molar-refractivity contribution is 0.350. The van der Waals surface area contributed by atoms with Crippen molar-refractivity contribution in [3.8, 4) is 11.8 Å². The Morgan fingerprint density at radius 3 is 2.70 bits per heavy atom. The Bertz CT molecular complexity index is 635. The summed E-state index contributed by atoms with van der Waals surface area (Å²) < 4.78 is 27.3. The van der Waals surface area contributed by atoms with Gasteiger partial charge in [0.1, 0.15) is 6.61 Å². The molecule has 0 radical (unpaired) electrons. The van der Waals surface area contributed by atoms with Gasteiger partial charge < -0.3 is 5.11 Å². The first kappa shape index (κ1) is 14.9. The van der Waals surface area contributed by atoms with Crippen molar-refractivity contribution in [1.29, 1.82) is 0 Å². The van der Waals surface area contributed by atoms with E-state index < -0.39 is 10.0 Å². The molecule has 0 aromatic heterocycles. The molecule has 0 bridgehead atoms. The summed E-state index contributed by atoms with van der Waals surface area (Å²) in [4.78, 5) is 0. The molecule has 1 aliphatic rings. The number of aryl methyl sites for hydroxylation is 1. The Balaban J connectivity index is 2.23. The zero-order chi connectivity index (χ0) is 14.6. The molecule has 1 aliphatic carbocycles. The number of benzene rings is 1. The second kappa shape index (κ2) is 6.29. The molecule has 1 fully saturated rings. The van der Waals surface area contributed by atoms with E-state index in [1.54, 1.807) is 6.07 Å². The van der Waals surface area contributed by atoms with Crippen LogP contribution in [0.4, 0.5) is 5.69 Å². The largest absolute Gasteiger partial charge is 0.384 e. The summed E-state index contributed by atoms with van der Waals surface area (Å²) in [5.41, 5.74) is 2.12. The van der Waals surface area contributed by atoms with Gasteiger partial charge in [-0.05, 0) is 37.5 Å². The molecule has 1 aromatic rings. The molecule has 2 N–H and O–H groups in total. The van der Waals surface area contributed by atoms with Crippen LogP contribution in [0.15, 0.2) is 18.2 Å². The van der Waals surface area contributed by atoms with Crippen LogP contribution in [0.5, 0.6) is 0 Å². The Kier molecular flexibility index (Phi) is 4.69. The number of aliphatic hydroxyl groups excluding tert-OH is 1. The highest BCUT2D eigenvalue weighted by atomic mass is 32.2. The summed E-state index contributed by atoms with van der Waals surface area (Å²) in [5, 5.41) is 8.41. The fraction of sp³-hybridized carbons (Fsp3) is 0.467. The molecular formula is C15H19NO3S. The molecule has 0 atom stereocenters. The molecule has 1 saturated carbocycles. The van der Waals surface area contributed by atoms with Gasteiger partial charge in [-0.15, -0.1) is 0 Å². The van der Waals surface area contributed by atoms with Crippen LogP contribution in [-0.4, -0.2) is 25.4 Å². The molecule has 0 amide bonds. The maximum Gasteiger partial charge on any atom is 0.235 e. The third-order valence-corrected chi connectivity index (χ3v) is 5.40. The van der Waals surface area contributed by atoms with E-state index in [0.29, 0.717) is 11.3 Å². The number of rotatable bonds is 3. The summed E-state index contributed by atoms with van der Waals surface area (Å²) >= 11 is 0. The summed E-state index contributed by atoms with van der Waals surface area (Å²) in [5.74, 6) is 5.34. The average Bonchev–Trinajstić information content (AvgIpc) is 2.94. The van der Waals surface area contributed by atoms with Crippen LogP contribution in [0.2, 0.25) is 0 Å². The number of sulfonamides is 1. The Morgan fingerprint density at radius 1 is 1.35 bits per heavy atom. The first-order valence-electron chi connectivity index (χ1n) is 6.75. The van der Waals surface area contributed by atoms with E-state index in [-0.39, 0.29) is 11.9 Å². The summed E-state index contributed by atoms with van der Waals surface area (Å²) in [6.45, 7) is 1.65. The van der Waals surface area contributed by atoms with Crippen molar-refractivity contribution in [3.63, 3.8) is 0 Å². The van der Waals surface area contributed by atoms with Crippen molar-refractivity contribution in [2.75, 3.05) is 11.3 Å². The second-order valence-corrected chi connectivity index (χ2v) is 7.00. The zero-order valence-corrected chi connectivity index (χ0v) is 12.3. The lowest BCUT2D eigenvalue weighted by atomic mass is 10.1. The van der Waals surface area contributed by atoms with Crippen molar-refractivity contribution < 1.29 is 13.5 Å². The molecule has 2 rings (SSSR count). The van der Waals surface area contributed by atoms with Gasteiger partial charge in [0, 0.05) is 5.56 Å². The predicted molar refractivity (Wildman–Crippen MR) is 79.9 cm³/mol. The molecule has 5 heteroatoms. The van der Waals surface area contributed by atoms with Gasteiger partial charge in [-0.1, -0.05) is 30.7 Å². The number of hydrogen-bond donors (Lipinski definition) is 2. The van der Waals surface area contributed by atoms with Crippen LogP contribution < -0.4 is 4.72 Å². The average molecular weight is 293 g/mol. The van der Waals surface area contributed by atoms with Gasteiger partial charge >= 0.3 is 0 Å². The first-order chi connectivity index (χ1) is 9.53. The molecule has 0 spiro atoms. The minimum absolute atomic E-state index is 0.211. The quantitative estimate of drug-likeness (QED) is 0.838. The molecular weight excluding hydrogens is 274 g/mol. The van der Waals surface area contributed by atoms with Gasteiger partial charge in [-0.25, -0.2) is 8.42 Å². The van der Waals surface area contributed by atoms with Crippen molar-refractivity contribution in [2.45, 2.75) is 37.9 Å². The van der Waals surface area contributed by atoms with Crippen molar-refractivity contribution in [2.24, 2.45) is 0 Å². The minimum Gasteiger partial charge on any atom is -0.384 e. The van der Waals surface area contributed by atoms with Crippen LogP contribution in [0, 0.1) is 18.8 Å². The third kappa shape index (κ3) is 3.53. The van der Waals surface area contributed by atoms with Crippen LogP contribution in [-0.2, 0) is 10.0 Å². The van der Waals surface area contributed by atoms with Gasteiger partial charge in [0.2, 0.25) is 10.0 Å². The topological polar surface area (TPSA) is 66.4 Å². The standard InChI is InChI=1S/C15H19NO3S/c1-12-8-9-13(5-4-10-17)11-15(12)16-20(18,19)14-6-2-3-7-14/h8-9,11,14,16-17H,2-3,6-7,10H2,1H3. The summed E-state index contributed by atoms with van der Waals surface area (Å²) in [6.07, 6.45) is 3.43. The number of aliphatic hydroxyl groups is 1. The Labute approximate surface area is 120 Å². The van der Waals surface area contributed by atoms with Crippen molar-refractivity contribution >= 4 is 15.7 Å². The highest BCUT2D eigenvalue weighted by Crippen LogP contribution is 2.27. The predicted octanol–water partition coefficient (Wildman–Crippen LogP) is 2.02. The highest BCUT2D eigenvalue weighted by molar-refractivity contribution is 7.93.